The molecule has 0 bridgehead atoms. The molecule has 2 rings (SSSR count). The van der Waals surface area contributed by atoms with Gasteiger partial charge in [-0.2, -0.15) is 10.2 Å². The van der Waals surface area contributed by atoms with Crippen molar-refractivity contribution in [3.8, 4) is 11.5 Å². The molecule has 0 aromatic heterocycles. The predicted molar refractivity (Wildman–Crippen MR) is 129 cm³/mol. The van der Waals surface area contributed by atoms with Gasteiger partial charge in [-0.25, -0.2) is 10.9 Å². The Morgan fingerprint density at radius 2 is 1.09 bits per heavy atom. The van der Waals surface area contributed by atoms with E-state index in [1.54, 1.807) is 48.5 Å². The Morgan fingerprint density at radius 1 is 0.697 bits per heavy atom. The van der Waals surface area contributed by atoms with Crippen molar-refractivity contribution in [2.45, 2.75) is 58.8 Å². The highest BCUT2D eigenvalue weighted by atomic mass is 16.3. The molecule has 0 fully saturated rings. The molecular formula is C25H32N4O4. The molecule has 0 unspecified atom stereocenters. The molecular weight excluding hydrogens is 420 g/mol. The largest absolute Gasteiger partial charge is 0.507 e. The zero-order chi connectivity index (χ0) is 24.1. The maximum absolute atomic E-state index is 12.1. The molecule has 0 aliphatic rings. The number of amides is 2. The van der Waals surface area contributed by atoms with Gasteiger partial charge in [0.05, 0.1) is 11.4 Å². The Kier molecular flexibility index (Phi) is 10.6. The van der Waals surface area contributed by atoms with Crippen molar-refractivity contribution in [2.75, 3.05) is 0 Å². The van der Waals surface area contributed by atoms with Crippen LogP contribution in [0.4, 0.5) is 0 Å². The first kappa shape index (κ1) is 25.6. The molecule has 33 heavy (non-hydrogen) atoms. The van der Waals surface area contributed by atoms with E-state index < -0.39 is 0 Å². The van der Waals surface area contributed by atoms with Gasteiger partial charge >= 0.3 is 0 Å². The van der Waals surface area contributed by atoms with Crippen LogP contribution < -0.4 is 10.9 Å². The minimum atomic E-state index is -0.208. The number of nitrogens with one attached hydrogen (secondary N) is 2. The molecule has 8 nitrogen and oxygen atoms in total. The third-order valence-electron chi connectivity index (χ3n) is 5.04. The summed E-state index contributed by atoms with van der Waals surface area (Å²) >= 11 is 0. The smallest absolute Gasteiger partial charge is 0.240 e. The SMILES string of the molecule is CCC(=NNC(=O)CCCCCC(=O)NN=C(CC)c1ccccc1O)c1ccccc1O. The zero-order valence-electron chi connectivity index (χ0n) is 19.2. The Balaban J connectivity index is 1.70. The molecule has 0 spiro atoms. The second-order valence-corrected chi connectivity index (χ2v) is 7.49. The Bertz CT molecular complexity index is 922. The molecule has 0 aliphatic heterocycles. The fraction of sp³-hybridized carbons (Fsp3) is 0.360. The van der Waals surface area contributed by atoms with Crippen molar-refractivity contribution in [1.29, 1.82) is 0 Å². The quantitative estimate of drug-likeness (QED) is 0.219. The number of phenolic OH excluding ortho intramolecular Hbond substituents is 2. The van der Waals surface area contributed by atoms with Crippen LogP contribution in [0.2, 0.25) is 0 Å². The zero-order valence-corrected chi connectivity index (χ0v) is 19.2. The van der Waals surface area contributed by atoms with E-state index in [-0.39, 0.29) is 23.3 Å². The molecule has 0 atom stereocenters. The summed E-state index contributed by atoms with van der Waals surface area (Å²) in [5.74, 6) is -0.162. The number of hydrazone groups is 2. The number of carbonyl (C=O) groups is 2. The molecule has 4 N–H and O–H groups in total. The number of phenols is 2. The number of aromatic hydroxyl groups is 2. The summed E-state index contributed by atoms with van der Waals surface area (Å²) in [6.45, 7) is 3.80. The molecule has 8 heteroatoms. The monoisotopic (exact) mass is 452 g/mol. The van der Waals surface area contributed by atoms with Crippen LogP contribution in [0.25, 0.3) is 0 Å². The molecule has 2 aromatic carbocycles. The first-order valence-corrected chi connectivity index (χ1v) is 11.2. The first-order valence-electron chi connectivity index (χ1n) is 11.2. The Labute approximate surface area is 194 Å². The number of carbonyl (C=O) groups excluding carboxylic acids is 2. The fourth-order valence-electron chi connectivity index (χ4n) is 3.21. The summed E-state index contributed by atoms with van der Waals surface area (Å²) in [5, 5.41) is 28.1. The van der Waals surface area contributed by atoms with E-state index in [1.165, 1.54) is 0 Å². The van der Waals surface area contributed by atoms with Crippen molar-refractivity contribution in [2.24, 2.45) is 10.2 Å². The van der Waals surface area contributed by atoms with Crippen molar-refractivity contribution < 1.29 is 19.8 Å². The maximum Gasteiger partial charge on any atom is 0.240 e. The summed E-state index contributed by atoms with van der Waals surface area (Å²) in [6.07, 6.45) is 3.72. The average Bonchev–Trinajstić information content (AvgIpc) is 2.81. The summed E-state index contributed by atoms with van der Waals surface area (Å²) in [7, 11) is 0. The van der Waals surface area contributed by atoms with E-state index in [0.29, 0.717) is 67.5 Å². The lowest BCUT2D eigenvalue weighted by molar-refractivity contribution is -0.121. The number of benzene rings is 2. The van der Waals surface area contributed by atoms with Crippen LogP contribution >= 0.6 is 0 Å². The molecule has 0 aliphatic carbocycles. The van der Waals surface area contributed by atoms with Crippen LogP contribution in [-0.4, -0.2) is 33.5 Å². The third kappa shape index (κ3) is 8.40. The van der Waals surface area contributed by atoms with Crippen LogP contribution in [0, 0.1) is 0 Å². The lowest BCUT2D eigenvalue weighted by atomic mass is 10.1. The van der Waals surface area contributed by atoms with E-state index in [4.69, 9.17) is 0 Å². The number of nitrogens with zero attached hydrogens (tertiary/aromatic N) is 2. The average molecular weight is 453 g/mol. The number of hydrogen-bond donors (Lipinski definition) is 4. The van der Waals surface area contributed by atoms with Gasteiger partial charge in [0, 0.05) is 24.0 Å². The van der Waals surface area contributed by atoms with E-state index >= 15 is 0 Å². The van der Waals surface area contributed by atoms with Crippen LogP contribution in [-0.2, 0) is 9.59 Å². The molecule has 0 saturated carbocycles. The second-order valence-electron chi connectivity index (χ2n) is 7.49. The molecule has 0 radical (unpaired) electrons. The van der Waals surface area contributed by atoms with Crippen LogP contribution in [0.15, 0.2) is 58.7 Å². The summed E-state index contributed by atoms with van der Waals surface area (Å²) in [6, 6.07) is 13.7. The van der Waals surface area contributed by atoms with Gasteiger partial charge in [-0.1, -0.05) is 44.5 Å². The molecule has 2 amide bonds. The molecule has 2 aromatic rings. The highest BCUT2D eigenvalue weighted by Gasteiger charge is 2.09. The second kappa shape index (κ2) is 13.7. The van der Waals surface area contributed by atoms with E-state index in [1.807, 2.05) is 13.8 Å². The van der Waals surface area contributed by atoms with Gasteiger partial charge in [0.2, 0.25) is 11.8 Å². The Morgan fingerprint density at radius 3 is 1.45 bits per heavy atom. The Hall–Kier alpha value is -3.68. The van der Waals surface area contributed by atoms with Crippen molar-refractivity contribution >= 4 is 23.2 Å². The lowest BCUT2D eigenvalue weighted by Gasteiger charge is -2.07. The van der Waals surface area contributed by atoms with E-state index in [9.17, 15) is 19.8 Å². The highest BCUT2D eigenvalue weighted by Crippen LogP contribution is 2.18. The molecule has 176 valence electrons. The van der Waals surface area contributed by atoms with Gasteiger partial charge < -0.3 is 10.2 Å². The lowest BCUT2D eigenvalue weighted by Crippen LogP contribution is -2.20. The molecule has 0 heterocycles. The van der Waals surface area contributed by atoms with Crippen molar-refractivity contribution in [3.63, 3.8) is 0 Å². The van der Waals surface area contributed by atoms with Crippen LogP contribution in [0.5, 0.6) is 11.5 Å². The topological polar surface area (TPSA) is 123 Å². The standard InChI is InChI=1S/C25H32N4O4/c1-3-20(18-12-8-10-14-22(18)30)26-28-24(32)16-6-5-7-17-25(33)29-27-21(4-2)19-13-9-11-15-23(19)31/h8-15,30-31H,3-7,16-17H2,1-2H3,(H,28,32)(H,29,33). The van der Waals surface area contributed by atoms with Crippen molar-refractivity contribution in [3.05, 3.63) is 59.7 Å². The van der Waals surface area contributed by atoms with Gasteiger partial charge in [0.15, 0.2) is 0 Å². The van der Waals surface area contributed by atoms with Crippen molar-refractivity contribution in [1.82, 2.24) is 10.9 Å². The van der Waals surface area contributed by atoms with Gasteiger partial charge in [-0.3, -0.25) is 9.59 Å². The van der Waals surface area contributed by atoms with Gasteiger partial charge in [0.25, 0.3) is 0 Å². The summed E-state index contributed by atoms with van der Waals surface area (Å²) in [5.41, 5.74) is 7.49. The van der Waals surface area contributed by atoms with Gasteiger partial charge in [-0.15, -0.1) is 0 Å². The normalized spacial score (nSPS) is 11.8. The number of unbranched alkanes of at least 4 members (excludes halogenated alkanes) is 2. The minimum absolute atomic E-state index is 0.126. The predicted octanol–water partition coefficient (Wildman–Crippen LogP) is 4.21. The summed E-state index contributed by atoms with van der Waals surface area (Å²) in [4.78, 5) is 24.1. The number of para-hydroxylation sites is 2. The summed E-state index contributed by atoms with van der Waals surface area (Å²) < 4.78 is 0. The maximum atomic E-state index is 12.1. The minimum Gasteiger partial charge on any atom is -0.507 e. The fourth-order valence-corrected chi connectivity index (χ4v) is 3.21. The van der Waals surface area contributed by atoms with Crippen LogP contribution in [0.1, 0.15) is 69.9 Å². The molecule has 0 saturated heterocycles. The number of rotatable bonds is 12. The van der Waals surface area contributed by atoms with E-state index in [2.05, 4.69) is 21.1 Å². The van der Waals surface area contributed by atoms with E-state index in [0.717, 1.165) is 0 Å². The third-order valence-corrected chi connectivity index (χ3v) is 5.04. The van der Waals surface area contributed by atoms with Gasteiger partial charge in [-0.05, 0) is 49.9 Å². The van der Waals surface area contributed by atoms with Gasteiger partial charge in [0.1, 0.15) is 11.5 Å². The number of hydrogen-bond acceptors (Lipinski definition) is 6. The highest BCUT2D eigenvalue weighted by molar-refractivity contribution is 6.03. The first-order chi connectivity index (χ1) is 16.0. The van der Waals surface area contributed by atoms with Crippen LogP contribution in [0.3, 0.4) is 0 Å².